The normalized spacial score (nSPS) is 12.7. The third kappa shape index (κ3) is 5.59. The van der Waals surface area contributed by atoms with E-state index in [1.54, 1.807) is 0 Å². The quantitative estimate of drug-likeness (QED) is 0.153. The van der Waals surface area contributed by atoms with Crippen LogP contribution < -0.4 is 16.4 Å². The van der Waals surface area contributed by atoms with E-state index >= 15 is 0 Å². The molecular weight excluding hydrogens is 966 g/mol. The molecule has 4 heteroatoms. The molecule has 3 aliphatic rings. The van der Waals surface area contributed by atoms with E-state index in [9.17, 15) is 0 Å². The lowest BCUT2D eigenvalue weighted by Crippen LogP contribution is -2.59. The molecule has 0 N–H and O–H groups in total. The van der Waals surface area contributed by atoms with Gasteiger partial charge in [-0.2, -0.15) is 0 Å². The zero-order valence-electron chi connectivity index (χ0n) is 43.3. The van der Waals surface area contributed by atoms with Crippen molar-refractivity contribution in [2.75, 3.05) is 0 Å². The molecule has 366 valence electrons. The molecule has 2 aliphatic heterocycles. The van der Waals surface area contributed by atoms with Crippen molar-refractivity contribution in [2.45, 2.75) is 0 Å². The van der Waals surface area contributed by atoms with E-state index in [-0.39, 0.29) is 6.71 Å². The Labute approximate surface area is 461 Å². The second kappa shape index (κ2) is 15.6. The van der Waals surface area contributed by atoms with Gasteiger partial charge < -0.3 is 13.7 Å². The molecule has 0 amide bonds. The van der Waals surface area contributed by atoms with Gasteiger partial charge in [0, 0.05) is 49.2 Å². The maximum Gasteiger partial charge on any atom is 0.252 e. The van der Waals surface area contributed by atoms with Crippen molar-refractivity contribution in [3.63, 3.8) is 0 Å². The summed E-state index contributed by atoms with van der Waals surface area (Å²) < 4.78 is 7.89. The number of hydrogen-bond acceptors (Lipinski definition) is 0. The van der Waals surface area contributed by atoms with Crippen LogP contribution in [0.1, 0.15) is 0 Å². The summed E-state index contributed by atoms with van der Waals surface area (Å²) in [4.78, 5) is 0. The Morgan fingerprint density at radius 1 is 0.250 bits per heavy atom. The number of benzene rings is 13. The first kappa shape index (κ1) is 42.7. The Hall–Kier alpha value is -10.4. The van der Waals surface area contributed by atoms with Gasteiger partial charge in [-0.15, -0.1) is 0 Å². The molecule has 80 heavy (non-hydrogen) atoms. The van der Waals surface area contributed by atoms with Crippen LogP contribution in [0.15, 0.2) is 267 Å². The summed E-state index contributed by atoms with van der Waals surface area (Å²) in [6.07, 6.45) is 0. The third-order valence-corrected chi connectivity index (χ3v) is 18.3. The van der Waals surface area contributed by atoms with Gasteiger partial charge in [-0.1, -0.05) is 206 Å². The van der Waals surface area contributed by atoms with Crippen LogP contribution >= 0.6 is 0 Å². The van der Waals surface area contributed by atoms with Crippen LogP contribution in [-0.4, -0.2) is 20.4 Å². The van der Waals surface area contributed by atoms with Gasteiger partial charge in [0.25, 0.3) is 6.71 Å². The highest BCUT2D eigenvalue weighted by molar-refractivity contribution is 7.00. The summed E-state index contributed by atoms with van der Waals surface area (Å²) in [5, 5.41) is 10.2. The lowest BCUT2D eigenvalue weighted by atomic mass is 9.34. The molecule has 19 rings (SSSR count). The Kier molecular flexibility index (Phi) is 8.34. The summed E-state index contributed by atoms with van der Waals surface area (Å²) >= 11 is 0. The van der Waals surface area contributed by atoms with Crippen molar-refractivity contribution in [1.29, 1.82) is 0 Å². The van der Waals surface area contributed by atoms with Crippen LogP contribution in [0.25, 0.3) is 160 Å². The topological polar surface area (TPSA) is 14.8 Å². The van der Waals surface area contributed by atoms with Gasteiger partial charge in [-0.25, -0.2) is 0 Å². The van der Waals surface area contributed by atoms with Crippen LogP contribution in [-0.2, 0) is 0 Å². The molecule has 0 saturated heterocycles. The van der Waals surface area contributed by atoms with Crippen LogP contribution in [0.2, 0.25) is 0 Å². The number of rotatable bonds is 5. The maximum absolute atomic E-state index is 2.68. The highest BCUT2D eigenvalue weighted by Gasteiger charge is 2.43. The van der Waals surface area contributed by atoms with E-state index in [0.29, 0.717) is 0 Å². The lowest BCUT2D eigenvalue weighted by Gasteiger charge is -2.35. The average Bonchev–Trinajstić information content (AvgIpc) is 3.91. The predicted molar refractivity (Wildman–Crippen MR) is 338 cm³/mol. The fourth-order valence-electron chi connectivity index (χ4n) is 15.0. The maximum atomic E-state index is 2.68. The second-order valence-corrected chi connectivity index (χ2v) is 22.3. The van der Waals surface area contributed by atoms with Crippen LogP contribution in [0, 0.1) is 0 Å². The average molecular weight is 1010 g/mol. The molecule has 0 atom stereocenters. The van der Waals surface area contributed by atoms with Gasteiger partial charge in [0.2, 0.25) is 0 Å². The van der Waals surface area contributed by atoms with Crippen molar-refractivity contribution in [3.05, 3.63) is 267 Å². The Morgan fingerprint density at radius 2 is 0.713 bits per heavy atom. The summed E-state index contributed by atoms with van der Waals surface area (Å²) in [5.74, 6) is 0. The molecule has 0 unspecified atom stereocenters. The van der Waals surface area contributed by atoms with Crippen LogP contribution in [0.4, 0.5) is 0 Å². The molecule has 0 fully saturated rings. The molecule has 13 aromatic carbocycles. The lowest BCUT2D eigenvalue weighted by molar-refractivity contribution is 1.10. The standard InChI is InChI=1S/C76H44BN3/c1-5-16-45(17-6-1)50-29-34-65-59(38-50)60-39-51(46-18-7-2-8-19-46)30-35-66(60)78(65)54-43-69-74-70(44-54)80-68-37-28-49-24-15-27-57-55-25-13-14-26-56(55)58-32-33-63(76(80)72(58)73(68)71(49)57)77(74)64-42-53(48-22-11-4-12-23-48)41-62-61-40-52(47-20-9-3-10-21-47)31-36-67(61)79(69)75(62)64/h1-44H. The number of fused-ring (bicyclic) bond motifs is 14. The summed E-state index contributed by atoms with van der Waals surface area (Å²) in [7, 11) is 0. The van der Waals surface area contributed by atoms with Crippen molar-refractivity contribution in [2.24, 2.45) is 0 Å². The SMILES string of the molecule is c1ccc(-c2ccc3c(c2)c2cc(-c4ccccc4)ccc2n3-c2cc3c4c(c2)-n2c5ccc6cccc7c6c5c5c(ccc(c52)B4c2cc(-c4ccccc4)cc4c5cc(-c6ccccc6)ccc5n-3c24)-c2ccccc2-7)cc1. The number of aromatic nitrogens is 3. The highest BCUT2D eigenvalue weighted by Crippen LogP contribution is 2.51. The van der Waals surface area contributed by atoms with Crippen molar-refractivity contribution >= 4 is 99.3 Å². The summed E-state index contributed by atoms with van der Waals surface area (Å²) in [5.41, 5.74) is 29.8. The van der Waals surface area contributed by atoms with E-state index in [0.717, 1.165) is 5.69 Å². The largest absolute Gasteiger partial charge is 0.310 e. The smallest absolute Gasteiger partial charge is 0.252 e. The van der Waals surface area contributed by atoms with E-state index in [1.165, 1.54) is 171 Å². The zero-order valence-corrected chi connectivity index (χ0v) is 43.3. The zero-order chi connectivity index (χ0) is 51.9. The van der Waals surface area contributed by atoms with Gasteiger partial charge in [0.1, 0.15) is 0 Å². The minimum atomic E-state index is -0.0688. The van der Waals surface area contributed by atoms with Crippen molar-refractivity contribution in [3.8, 4) is 83.8 Å². The Balaban J connectivity index is 0.995. The van der Waals surface area contributed by atoms with Gasteiger partial charge >= 0.3 is 0 Å². The molecule has 5 heterocycles. The first-order valence-electron chi connectivity index (χ1n) is 27.9. The van der Waals surface area contributed by atoms with Crippen LogP contribution in [0.3, 0.4) is 0 Å². The highest BCUT2D eigenvalue weighted by atomic mass is 15.1. The van der Waals surface area contributed by atoms with Crippen LogP contribution in [0.5, 0.6) is 0 Å². The fourth-order valence-corrected chi connectivity index (χ4v) is 15.0. The Bertz CT molecular complexity index is 5300. The molecule has 3 nitrogen and oxygen atoms in total. The Morgan fingerprint density at radius 3 is 1.29 bits per heavy atom. The molecular formula is C76H44BN3. The van der Waals surface area contributed by atoms with E-state index in [1.807, 2.05) is 0 Å². The summed E-state index contributed by atoms with van der Waals surface area (Å²) in [6, 6.07) is 101. The van der Waals surface area contributed by atoms with E-state index in [2.05, 4.69) is 281 Å². The van der Waals surface area contributed by atoms with Gasteiger partial charge in [-0.05, 0) is 155 Å². The molecule has 0 radical (unpaired) electrons. The van der Waals surface area contributed by atoms with Crippen molar-refractivity contribution < 1.29 is 0 Å². The fraction of sp³-hybridized carbons (Fsp3) is 0. The molecule has 1 aliphatic carbocycles. The molecule has 0 spiro atoms. The second-order valence-electron chi connectivity index (χ2n) is 22.3. The monoisotopic (exact) mass is 1010 g/mol. The molecule has 16 aromatic rings. The number of nitrogens with zero attached hydrogens (tertiary/aromatic N) is 3. The van der Waals surface area contributed by atoms with E-state index < -0.39 is 0 Å². The minimum absolute atomic E-state index is 0.0688. The minimum Gasteiger partial charge on any atom is -0.310 e. The van der Waals surface area contributed by atoms with Gasteiger partial charge in [-0.3, -0.25) is 0 Å². The predicted octanol–water partition coefficient (Wildman–Crippen LogP) is 17.6. The third-order valence-electron chi connectivity index (χ3n) is 18.3. The first-order chi connectivity index (χ1) is 39.7. The molecule has 3 aromatic heterocycles. The van der Waals surface area contributed by atoms with Gasteiger partial charge in [0.15, 0.2) is 0 Å². The summed E-state index contributed by atoms with van der Waals surface area (Å²) in [6.45, 7) is -0.0688. The van der Waals surface area contributed by atoms with Crippen molar-refractivity contribution in [1.82, 2.24) is 13.7 Å². The van der Waals surface area contributed by atoms with E-state index in [4.69, 9.17) is 0 Å². The first-order valence-corrected chi connectivity index (χ1v) is 27.9. The van der Waals surface area contributed by atoms with Gasteiger partial charge in [0.05, 0.1) is 33.3 Å². The molecule has 0 bridgehead atoms. The number of hydrogen-bond donors (Lipinski definition) is 0. The molecule has 0 saturated carbocycles.